The van der Waals surface area contributed by atoms with Crippen molar-refractivity contribution in [2.45, 2.75) is 64.8 Å². The molecule has 2 aromatic rings. The minimum absolute atomic E-state index is 0.0808. The second-order valence-electron chi connectivity index (χ2n) is 9.81. The molecule has 0 atom stereocenters. The van der Waals surface area contributed by atoms with Crippen molar-refractivity contribution in [3.8, 4) is 0 Å². The summed E-state index contributed by atoms with van der Waals surface area (Å²) in [5, 5.41) is 11.4. The van der Waals surface area contributed by atoms with E-state index in [1.807, 2.05) is 12.3 Å². The number of aliphatic imine (C=N–C) groups is 1. The number of nitrogens with one attached hydrogen (secondary N) is 2. The number of benzene rings is 1. The molecule has 0 radical (unpaired) electrons. The fraction of sp³-hybridized carbons (Fsp3) is 0.519. The van der Waals surface area contributed by atoms with Crippen molar-refractivity contribution in [3.63, 3.8) is 0 Å². The highest BCUT2D eigenvalue weighted by atomic mass is 16.2. The van der Waals surface area contributed by atoms with Crippen molar-refractivity contribution in [3.05, 3.63) is 47.3 Å². The molecule has 6 heteroatoms. The zero-order chi connectivity index (χ0) is 23.2. The molecule has 1 saturated carbocycles. The van der Waals surface area contributed by atoms with Crippen molar-refractivity contribution < 1.29 is 4.79 Å². The van der Waals surface area contributed by atoms with Crippen LogP contribution in [0.2, 0.25) is 0 Å². The van der Waals surface area contributed by atoms with Crippen LogP contribution in [0, 0.1) is 5.92 Å². The highest BCUT2D eigenvalue weighted by Gasteiger charge is 2.20. The number of rotatable bonds is 7. The van der Waals surface area contributed by atoms with E-state index in [9.17, 15) is 4.79 Å². The Morgan fingerprint density at radius 1 is 1.24 bits per heavy atom. The minimum Gasteiger partial charge on any atom is -0.348 e. The molecule has 2 N–H and O–H groups in total. The predicted octanol–water partition coefficient (Wildman–Crippen LogP) is 5.35. The molecule has 2 aliphatic rings. The maximum atomic E-state index is 12.9. The summed E-state index contributed by atoms with van der Waals surface area (Å²) in [6.45, 7) is 11.2. The Balaban J connectivity index is 1.52. The molecule has 0 spiro atoms. The van der Waals surface area contributed by atoms with Crippen molar-refractivity contribution in [2.75, 3.05) is 19.6 Å². The number of carbonyl (C=O) groups is 1. The monoisotopic (exact) mass is 447 g/mol. The van der Waals surface area contributed by atoms with Gasteiger partial charge in [-0.25, -0.2) is 0 Å². The second-order valence-corrected chi connectivity index (χ2v) is 9.81. The van der Waals surface area contributed by atoms with Gasteiger partial charge in [0.25, 0.3) is 5.91 Å². The molecule has 1 amide bonds. The Morgan fingerprint density at radius 3 is 2.73 bits per heavy atom. The van der Waals surface area contributed by atoms with Crippen molar-refractivity contribution in [1.82, 2.24) is 20.4 Å². The molecular formula is C27H37N5O. The summed E-state index contributed by atoms with van der Waals surface area (Å²) in [4.78, 5) is 19.5. The largest absolute Gasteiger partial charge is 0.348 e. The zero-order valence-corrected chi connectivity index (χ0v) is 20.1. The molecule has 1 aromatic carbocycles. The summed E-state index contributed by atoms with van der Waals surface area (Å²) in [6.07, 6.45) is 12.3. The van der Waals surface area contributed by atoms with E-state index in [-0.39, 0.29) is 11.9 Å². The van der Waals surface area contributed by atoms with Crippen LogP contribution in [-0.4, -0.2) is 53.4 Å². The van der Waals surface area contributed by atoms with E-state index in [4.69, 9.17) is 0 Å². The number of H-pyrrole nitrogens is 1. The molecule has 2 heterocycles. The summed E-state index contributed by atoms with van der Waals surface area (Å²) in [6, 6.07) is 6.42. The lowest BCUT2D eigenvalue weighted by Crippen LogP contribution is -2.36. The number of amides is 1. The Hall–Kier alpha value is -2.73. The molecule has 0 bridgehead atoms. The number of allylic oxidation sites excluding steroid dienone is 1. The lowest BCUT2D eigenvalue weighted by atomic mass is 9.95. The van der Waals surface area contributed by atoms with Gasteiger partial charge in [-0.3, -0.25) is 19.8 Å². The van der Waals surface area contributed by atoms with E-state index in [0.29, 0.717) is 5.69 Å². The third-order valence-corrected chi connectivity index (χ3v) is 7.12. The van der Waals surface area contributed by atoms with Gasteiger partial charge in [0.1, 0.15) is 0 Å². The van der Waals surface area contributed by atoms with Gasteiger partial charge in [0.2, 0.25) is 0 Å². The van der Waals surface area contributed by atoms with Crippen LogP contribution in [0.5, 0.6) is 0 Å². The first-order valence-corrected chi connectivity index (χ1v) is 12.4. The molecule has 4 rings (SSSR count). The maximum absolute atomic E-state index is 12.9. The van der Waals surface area contributed by atoms with Crippen LogP contribution in [0.1, 0.15) is 74.8 Å². The van der Waals surface area contributed by atoms with Crippen LogP contribution in [0.3, 0.4) is 0 Å². The van der Waals surface area contributed by atoms with Crippen LogP contribution in [0.15, 0.2) is 41.0 Å². The molecule has 6 nitrogen and oxygen atoms in total. The third-order valence-electron chi connectivity index (χ3n) is 7.12. The molecule has 2 fully saturated rings. The number of aromatic nitrogens is 2. The van der Waals surface area contributed by atoms with E-state index in [0.717, 1.165) is 66.0 Å². The fourth-order valence-electron chi connectivity index (χ4n) is 5.01. The summed E-state index contributed by atoms with van der Waals surface area (Å²) >= 11 is 0. The Morgan fingerprint density at radius 2 is 2.00 bits per heavy atom. The summed E-state index contributed by atoms with van der Waals surface area (Å²) in [5.74, 6) is 0.734. The van der Waals surface area contributed by atoms with E-state index in [2.05, 4.69) is 64.2 Å². The third kappa shape index (κ3) is 5.99. The number of carbonyl (C=O) groups excluding carboxylic acids is 1. The molecule has 1 aliphatic heterocycles. The van der Waals surface area contributed by atoms with E-state index in [1.165, 1.54) is 32.1 Å². The van der Waals surface area contributed by atoms with Crippen LogP contribution >= 0.6 is 0 Å². The molecule has 1 aromatic heterocycles. The highest BCUT2D eigenvalue weighted by molar-refractivity contribution is 6.05. The van der Waals surface area contributed by atoms with Gasteiger partial charge < -0.3 is 5.32 Å². The Kier molecular flexibility index (Phi) is 7.76. The normalized spacial score (nSPS) is 19.7. The summed E-state index contributed by atoms with van der Waals surface area (Å²) in [5.41, 5.74) is 4.73. The standard InChI is InChI=1S/C27H37N5O/c1-19-11-13-32(14-12-19)18-21(17-28-3)15-20(2)22-9-10-25-24(16-22)26(31-30-25)27(33)29-23-7-5-4-6-8-23/h9-10,15-17,19,23H,3-8,11-14,18H2,1-2H3,(H,29,33)(H,30,31)/b20-15+,21-17+. The Labute approximate surface area is 197 Å². The van der Waals surface area contributed by atoms with E-state index in [1.54, 1.807) is 0 Å². The number of fused-ring (bicyclic) bond motifs is 1. The summed E-state index contributed by atoms with van der Waals surface area (Å²) in [7, 11) is 0. The van der Waals surface area contributed by atoms with Gasteiger partial charge in [-0.1, -0.05) is 38.3 Å². The predicted molar refractivity (Wildman–Crippen MR) is 137 cm³/mol. The molecule has 0 unspecified atom stereocenters. The van der Waals surface area contributed by atoms with Crippen molar-refractivity contribution >= 4 is 29.1 Å². The first-order chi connectivity index (χ1) is 16.0. The quantitative estimate of drug-likeness (QED) is 0.444. The number of piperidine rings is 1. The maximum Gasteiger partial charge on any atom is 0.272 e. The van der Waals surface area contributed by atoms with Gasteiger partial charge in [0.15, 0.2) is 5.69 Å². The van der Waals surface area contributed by atoms with Crippen LogP contribution in [0.25, 0.3) is 16.5 Å². The van der Waals surface area contributed by atoms with Gasteiger partial charge in [0.05, 0.1) is 5.52 Å². The van der Waals surface area contributed by atoms with Gasteiger partial charge in [-0.05, 0) is 87.2 Å². The number of aromatic amines is 1. The van der Waals surface area contributed by atoms with Gasteiger partial charge in [-0.2, -0.15) is 5.10 Å². The lowest BCUT2D eigenvalue weighted by Gasteiger charge is -2.30. The highest BCUT2D eigenvalue weighted by Crippen LogP contribution is 2.25. The molecule has 1 saturated heterocycles. The lowest BCUT2D eigenvalue weighted by molar-refractivity contribution is 0.0924. The average Bonchev–Trinajstić information content (AvgIpc) is 3.25. The number of nitrogens with zero attached hydrogens (tertiary/aromatic N) is 3. The number of hydrogen-bond donors (Lipinski definition) is 2. The molecule has 176 valence electrons. The van der Waals surface area contributed by atoms with E-state index >= 15 is 0 Å². The molecule has 1 aliphatic carbocycles. The smallest absolute Gasteiger partial charge is 0.272 e. The first kappa shape index (κ1) is 23.4. The number of hydrogen-bond acceptors (Lipinski definition) is 4. The molecular weight excluding hydrogens is 410 g/mol. The van der Waals surface area contributed by atoms with Crippen LogP contribution < -0.4 is 5.32 Å². The average molecular weight is 448 g/mol. The Bertz CT molecular complexity index is 1040. The molecule has 33 heavy (non-hydrogen) atoms. The second kappa shape index (κ2) is 10.9. The van der Waals surface area contributed by atoms with Crippen molar-refractivity contribution in [2.24, 2.45) is 10.9 Å². The topological polar surface area (TPSA) is 73.4 Å². The van der Waals surface area contributed by atoms with Gasteiger partial charge in [-0.15, -0.1) is 0 Å². The van der Waals surface area contributed by atoms with Crippen LogP contribution in [0.4, 0.5) is 0 Å². The first-order valence-electron chi connectivity index (χ1n) is 12.4. The van der Waals surface area contributed by atoms with Gasteiger partial charge in [0, 0.05) is 24.2 Å². The fourth-order valence-corrected chi connectivity index (χ4v) is 5.01. The minimum atomic E-state index is -0.0808. The van der Waals surface area contributed by atoms with E-state index < -0.39 is 0 Å². The zero-order valence-electron chi connectivity index (χ0n) is 20.1. The summed E-state index contributed by atoms with van der Waals surface area (Å²) < 4.78 is 0. The van der Waals surface area contributed by atoms with Crippen molar-refractivity contribution in [1.29, 1.82) is 0 Å². The number of likely N-dealkylation sites (tertiary alicyclic amines) is 1. The SMILES string of the molecule is C=N/C=C(\C=C(/C)c1ccc2[nH]nc(C(=O)NC3CCCCC3)c2c1)CN1CCC(C)CC1. The van der Waals surface area contributed by atoms with Gasteiger partial charge >= 0.3 is 0 Å². The van der Waals surface area contributed by atoms with Crippen LogP contribution in [-0.2, 0) is 0 Å².